The Morgan fingerprint density at radius 1 is 0.875 bits per heavy atom. The molecule has 24 heavy (non-hydrogen) atoms. The highest BCUT2D eigenvalue weighted by atomic mass is 16.5. The van der Waals surface area contributed by atoms with Crippen molar-refractivity contribution in [1.82, 2.24) is 4.57 Å². The highest BCUT2D eigenvalue weighted by molar-refractivity contribution is 6.12. The molecule has 0 aliphatic rings. The van der Waals surface area contributed by atoms with Gasteiger partial charge in [0.25, 0.3) is 0 Å². The summed E-state index contributed by atoms with van der Waals surface area (Å²) in [4.78, 5) is 12.7. The Hall–Kier alpha value is -3.07. The molecule has 0 atom stereocenters. The SMILES string of the molecule is Cc1ccc2c(c1)c1ccccc1n2C(=O)OCc1ccccc1. The molecule has 0 unspecified atom stereocenters. The molecule has 1 aromatic heterocycles. The molecule has 0 aliphatic carbocycles. The first kappa shape index (κ1) is 14.5. The number of nitrogens with zero attached hydrogens (tertiary/aromatic N) is 1. The highest BCUT2D eigenvalue weighted by Crippen LogP contribution is 2.29. The summed E-state index contributed by atoms with van der Waals surface area (Å²) >= 11 is 0. The van der Waals surface area contributed by atoms with E-state index < -0.39 is 0 Å². The van der Waals surface area contributed by atoms with Crippen LogP contribution < -0.4 is 0 Å². The van der Waals surface area contributed by atoms with Crippen molar-refractivity contribution in [2.75, 3.05) is 0 Å². The largest absolute Gasteiger partial charge is 0.444 e. The smallest absolute Gasteiger partial charge is 0.419 e. The van der Waals surface area contributed by atoms with Crippen molar-refractivity contribution in [2.45, 2.75) is 13.5 Å². The summed E-state index contributed by atoms with van der Waals surface area (Å²) in [5.74, 6) is 0. The standard InChI is InChI=1S/C21H17NO2/c1-15-11-12-20-18(13-15)17-9-5-6-10-19(17)22(20)21(23)24-14-16-7-3-2-4-8-16/h2-13H,14H2,1H3. The fourth-order valence-electron chi connectivity index (χ4n) is 3.07. The van der Waals surface area contributed by atoms with E-state index in [0.717, 1.165) is 27.4 Å². The summed E-state index contributed by atoms with van der Waals surface area (Å²) in [7, 11) is 0. The second kappa shape index (κ2) is 5.85. The van der Waals surface area contributed by atoms with Gasteiger partial charge in [-0.25, -0.2) is 9.36 Å². The third kappa shape index (κ3) is 2.44. The number of carbonyl (C=O) groups excluding carboxylic acids is 1. The average molecular weight is 315 g/mol. The van der Waals surface area contributed by atoms with Gasteiger partial charge in [-0.15, -0.1) is 0 Å². The van der Waals surface area contributed by atoms with Crippen molar-refractivity contribution in [2.24, 2.45) is 0 Å². The van der Waals surface area contributed by atoms with Crippen LogP contribution in [0.15, 0.2) is 72.8 Å². The van der Waals surface area contributed by atoms with Gasteiger partial charge in [0.2, 0.25) is 0 Å². The maximum Gasteiger partial charge on any atom is 0.419 e. The summed E-state index contributed by atoms with van der Waals surface area (Å²) in [6.45, 7) is 2.32. The molecule has 0 aliphatic heterocycles. The minimum Gasteiger partial charge on any atom is -0.444 e. The molecule has 0 bridgehead atoms. The maximum atomic E-state index is 12.7. The summed E-state index contributed by atoms with van der Waals surface area (Å²) in [5, 5.41) is 2.13. The van der Waals surface area contributed by atoms with Gasteiger partial charge in [-0.05, 0) is 30.7 Å². The summed E-state index contributed by atoms with van der Waals surface area (Å²) in [5.41, 5.74) is 3.89. The van der Waals surface area contributed by atoms with Crippen molar-refractivity contribution in [3.63, 3.8) is 0 Å². The lowest BCUT2D eigenvalue weighted by atomic mass is 10.1. The third-order valence-electron chi connectivity index (χ3n) is 4.22. The van der Waals surface area contributed by atoms with E-state index in [1.54, 1.807) is 4.57 Å². The zero-order valence-electron chi connectivity index (χ0n) is 13.4. The van der Waals surface area contributed by atoms with Gasteiger partial charge in [0.05, 0.1) is 11.0 Å². The molecule has 0 fully saturated rings. The Labute approximate surface area is 140 Å². The molecule has 4 rings (SSSR count). The average Bonchev–Trinajstić information content (AvgIpc) is 2.94. The molecule has 3 aromatic carbocycles. The van der Waals surface area contributed by atoms with E-state index in [0.29, 0.717) is 0 Å². The Morgan fingerprint density at radius 2 is 1.58 bits per heavy atom. The molecule has 0 saturated carbocycles. The molecule has 0 radical (unpaired) electrons. The second-order valence-electron chi connectivity index (χ2n) is 5.91. The molecule has 0 spiro atoms. The molecule has 118 valence electrons. The number of hydrogen-bond acceptors (Lipinski definition) is 2. The van der Waals surface area contributed by atoms with Gasteiger partial charge in [-0.1, -0.05) is 60.2 Å². The minimum absolute atomic E-state index is 0.263. The van der Waals surface area contributed by atoms with E-state index >= 15 is 0 Å². The van der Waals surface area contributed by atoms with Gasteiger partial charge in [0, 0.05) is 10.8 Å². The van der Waals surface area contributed by atoms with E-state index in [4.69, 9.17) is 4.74 Å². The fraction of sp³-hybridized carbons (Fsp3) is 0.0952. The van der Waals surface area contributed by atoms with Crippen LogP contribution in [0.2, 0.25) is 0 Å². The van der Waals surface area contributed by atoms with Crippen LogP contribution in [-0.4, -0.2) is 10.7 Å². The predicted molar refractivity (Wildman–Crippen MR) is 96.2 cm³/mol. The Balaban J connectivity index is 1.78. The number of aryl methyl sites for hydroxylation is 1. The lowest BCUT2D eigenvalue weighted by Gasteiger charge is -2.08. The van der Waals surface area contributed by atoms with Crippen molar-refractivity contribution in [1.29, 1.82) is 0 Å². The van der Waals surface area contributed by atoms with Crippen molar-refractivity contribution < 1.29 is 9.53 Å². The van der Waals surface area contributed by atoms with E-state index in [1.165, 1.54) is 5.56 Å². The van der Waals surface area contributed by atoms with Crippen LogP contribution in [0.4, 0.5) is 4.79 Å². The topological polar surface area (TPSA) is 31.2 Å². The van der Waals surface area contributed by atoms with Crippen molar-refractivity contribution in [3.8, 4) is 0 Å². The van der Waals surface area contributed by atoms with Gasteiger partial charge < -0.3 is 4.74 Å². The fourth-order valence-corrected chi connectivity index (χ4v) is 3.07. The van der Waals surface area contributed by atoms with Gasteiger partial charge in [-0.2, -0.15) is 0 Å². The van der Waals surface area contributed by atoms with Crippen LogP contribution >= 0.6 is 0 Å². The highest BCUT2D eigenvalue weighted by Gasteiger charge is 2.16. The second-order valence-corrected chi connectivity index (χ2v) is 5.91. The molecule has 0 amide bonds. The number of carbonyl (C=O) groups is 1. The molecule has 0 N–H and O–H groups in total. The van der Waals surface area contributed by atoms with Crippen molar-refractivity contribution >= 4 is 27.9 Å². The predicted octanol–water partition coefficient (Wildman–Crippen LogP) is 5.29. The summed E-state index contributed by atoms with van der Waals surface area (Å²) < 4.78 is 7.20. The van der Waals surface area contributed by atoms with Crippen LogP contribution in [0.25, 0.3) is 21.8 Å². The van der Waals surface area contributed by atoms with Gasteiger partial charge in [0.1, 0.15) is 6.61 Å². The van der Waals surface area contributed by atoms with E-state index in [1.807, 2.05) is 66.7 Å². The van der Waals surface area contributed by atoms with Gasteiger partial charge >= 0.3 is 6.09 Å². The van der Waals surface area contributed by atoms with Gasteiger partial charge in [0.15, 0.2) is 0 Å². The first-order valence-corrected chi connectivity index (χ1v) is 7.95. The number of rotatable bonds is 2. The van der Waals surface area contributed by atoms with Crippen LogP contribution in [0.5, 0.6) is 0 Å². The number of hydrogen-bond donors (Lipinski definition) is 0. The molecular weight excluding hydrogens is 298 g/mol. The van der Waals surface area contributed by atoms with Crippen LogP contribution in [0.1, 0.15) is 11.1 Å². The lowest BCUT2D eigenvalue weighted by molar-refractivity contribution is 0.143. The number of ether oxygens (including phenoxy) is 1. The Kier molecular flexibility index (Phi) is 3.54. The lowest BCUT2D eigenvalue weighted by Crippen LogP contribution is -2.13. The number of fused-ring (bicyclic) bond motifs is 3. The quantitative estimate of drug-likeness (QED) is 0.503. The third-order valence-corrected chi connectivity index (χ3v) is 4.22. The molecule has 3 heteroatoms. The van der Waals surface area contributed by atoms with Crippen LogP contribution in [0, 0.1) is 6.92 Å². The number of aromatic nitrogens is 1. The monoisotopic (exact) mass is 315 g/mol. The van der Waals surface area contributed by atoms with E-state index in [9.17, 15) is 4.79 Å². The molecule has 1 heterocycles. The summed E-state index contributed by atoms with van der Waals surface area (Å²) in [6, 6.07) is 23.7. The molecule has 4 aromatic rings. The zero-order chi connectivity index (χ0) is 16.5. The van der Waals surface area contributed by atoms with Crippen molar-refractivity contribution in [3.05, 3.63) is 83.9 Å². The first-order valence-electron chi connectivity index (χ1n) is 7.95. The Bertz CT molecular complexity index is 1030. The Morgan fingerprint density at radius 3 is 2.42 bits per heavy atom. The summed E-state index contributed by atoms with van der Waals surface area (Å²) in [6.07, 6.45) is -0.353. The van der Waals surface area contributed by atoms with E-state index in [-0.39, 0.29) is 12.7 Å². The molecule has 3 nitrogen and oxygen atoms in total. The molecule has 0 saturated heterocycles. The zero-order valence-corrected chi connectivity index (χ0v) is 13.4. The van der Waals surface area contributed by atoms with Crippen LogP contribution in [0.3, 0.4) is 0 Å². The van der Waals surface area contributed by atoms with E-state index in [2.05, 4.69) is 13.0 Å². The number of benzene rings is 3. The first-order chi connectivity index (χ1) is 11.7. The number of para-hydroxylation sites is 1. The normalized spacial score (nSPS) is 11.0. The minimum atomic E-state index is -0.353. The van der Waals surface area contributed by atoms with Gasteiger partial charge in [-0.3, -0.25) is 0 Å². The molecular formula is C21H17NO2. The van der Waals surface area contributed by atoms with Crippen LogP contribution in [-0.2, 0) is 11.3 Å². The maximum absolute atomic E-state index is 12.7.